The van der Waals surface area contributed by atoms with E-state index in [1.807, 2.05) is 0 Å². The summed E-state index contributed by atoms with van der Waals surface area (Å²) in [7, 11) is 0. The third-order valence-corrected chi connectivity index (χ3v) is 1.74. The maximum absolute atomic E-state index is 9.21. The molecule has 1 N–H and O–H groups in total. The smallest absolute Gasteiger partial charge is 0.0649 e. The highest BCUT2D eigenvalue weighted by molar-refractivity contribution is 4.86. The average molecular weight is 154 g/mol. The van der Waals surface area contributed by atoms with Gasteiger partial charge in [0.25, 0.3) is 0 Å². The van der Waals surface area contributed by atoms with Gasteiger partial charge in [-0.05, 0) is 6.42 Å². The standard InChI is InChI=1S/C10H18O/c1-3-5-6-7-9-10(11)8-4-2/h2,10-11H,3,5-9H2,1H3. The van der Waals surface area contributed by atoms with E-state index in [9.17, 15) is 5.11 Å². The minimum absolute atomic E-state index is 0.267. The molecule has 0 fully saturated rings. The molecular weight excluding hydrogens is 136 g/mol. The highest BCUT2D eigenvalue weighted by Gasteiger charge is 1.99. The zero-order valence-electron chi connectivity index (χ0n) is 7.34. The first-order chi connectivity index (χ1) is 5.31. The highest BCUT2D eigenvalue weighted by Crippen LogP contribution is 2.06. The Kier molecular flexibility index (Phi) is 7.29. The van der Waals surface area contributed by atoms with E-state index in [0.717, 1.165) is 12.8 Å². The van der Waals surface area contributed by atoms with E-state index in [0.29, 0.717) is 6.42 Å². The molecule has 0 aliphatic heterocycles. The van der Waals surface area contributed by atoms with Crippen molar-refractivity contribution in [1.82, 2.24) is 0 Å². The van der Waals surface area contributed by atoms with Gasteiger partial charge in [0.05, 0.1) is 6.10 Å². The third-order valence-electron chi connectivity index (χ3n) is 1.74. The lowest BCUT2D eigenvalue weighted by Gasteiger charge is -2.05. The molecule has 0 aromatic rings. The molecule has 0 aromatic heterocycles. The van der Waals surface area contributed by atoms with Crippen LogP contribution in [-0.2, 0) is 0 Å². The van der Waals surface area contributed by atoms with E-state index < -0.39 is 0 Å². The van der Waals surface area contributed by atoms with Crippen LogP contribution in [0.4, 0.5) is 0 Å². The van der Waals surface area contributed by atoms with Crippen molar-refractivity contribution in [2.45, 2.75) is 51.6 Å². The summed E-state index contributed by atoms with van der Waals surface area (Å²) in [5.74, 6) is 2.46. The molecule has 0 saturated heterocycles. The molecule has 0 radical (unpaired) electrons. The van der Waals surface area contributed by atoms with Gasteiger partial charge in [-0.15, -0.1) is 12.3 Å². The van der Waals surface area contributed by atoms with E-state index in [2.05, 4.69) is 12.8 Å². The Hall–Kier alpha value is -0.480. The summed E-state index contributed by atoms with van der Waals surface area (Å²) in [6, 6.07) is 0. The fourth-order valence-corrected chi connectivity index (χ4v) is 1.04. The van der Waals surface area contributed by atoms with Gasteiger partial charge in [-0.3, -0.25) is 0 Å². The van der Waals surface area contributed by atoms with Gasteiger partial charge < -0.3 is 5.11 Å². The van der Waals surface area contributed by atoms with E-state index in [4.69, 9.17) is 6.42 Å². The van der Waals surface area contributed by atoms with Gasteiger partial charge >= 0.3 is 0 Å². The maximum atomic E-state index is 9.21. The Morgan fingerprint density at radius 2 is 2.09 bits per heavy atom. The van der Waals surface area contributed by atoms with Crippen molar-refractivity contribution in [2.75, 3.05) is 0 Å². The lowest BCUT2D eigenvalue weighted by Crippen LogP contribution is -2.04. The lowest BCUT2D eigenvalue weighted by molar-refractivity contribution is 0.166. The van der Waals surface area contributed by atoms with Crippen LogP contribution in [0.25, 0.3) is 0 Å². The molecule has 1 heteroatoms. The summed E-state index contributed by atoms with van der Waals surface area (Å²) < 4.78 is 0. The topological polar surface area (TPSA) is 20.2 Å². The van der Waals surface area contributed by atoms with Crippen molar-refractivity contribution < 1.29 is 5.11 Å². The van der Waals surface area contributed by atoms with E-state index in [1.165, 1.54) is 19.3 Å². The summed E-state index contributed by atoms with van der Waals surface area (Å²) in [5, 5.41) is 9.21. The normalized spacial score (nSPS) is 12.5. The molecule has 1 nitrogen and oxygen atoms in total. The van der Waals surface area contributed by atoms with Crippen LogP contribution in [0.1, 0.15) is 45.4 Å². The number of hydrogen-bond acceptors (Lipinski definition) is 1. The zero-order chi connectivity index (χ0) is 8.53. The third kappa shape index (κ3) is 7.42. The molecule has 0 saturated carbocycles. The quantitative estimate of drug-likeness (QED) is 0.460. The van der Waals surface area contributed by atoms with E-state index in [1.54, 1.807) is 0 Å². The SMILES string of the molecule is C#CCC(O)CCCCCC. The van der Waals surface area contributed by atoms with Crippen molar-refractivity contribution in [2.24, 2.45) is 0 Å². The molecule has 0 amide bonds. The Morgan fingerprint density at radius 1 is 1.36 bits per heavy atom. The van der Waals surface area contributed by atoms with Crippen LogP contribution in [0, 0.1) is 12.3 Å². The van der Waals surface area contributed by atoms with Crippen LogP contribution in [0.15, 0.2) is 0 Å². The van der Waals surface area contributed by atoms with Crippen LogP contribution in [-0.4, -0.2) is 11.2 Å². The minimum atomic E-state index is -0.267. The number of unbranched alkanes of at least 4 members (excludes halogenated alkanes) is 3. The van der Waals surface area contributed by atoms with Crippen LogP contribution in [0.3, 0.4) is 0 Å². The molecule has 0 aromatic carbocycles. The van der Waals surface area contributed by atoms with Crippen LogP contribution in [0.2, 0.25) is 0 Å². The van der Waals surface area contributed by atoms with Crippen LogP contribution in [0.5, 0.6) is 0 Å². The lowest BCUT2D eigenvalue weighted by atomic mass is 10.1. The van der Waals surface area contributed by atoms with Gasteiger partial charge in [-0.2, -0.15) is 0 Å². The Balaban J connectivity index is 3.05. The highest BCUT2D eigenvalue weighted by atomic mass is 16.3. The van der Waals surface area contributed by atoms with Crippen molar-refractivity contribution in [3.05, 3.63) is 0 Å². The molecule has 64 valence electrons. The largest absolute Gasteiger partial charge is 0.392 e. The van der Waals surface area contributed by atoms with Gasteiger partial charge in [-0.25, -0.2) is 0 Å². The molecule has 11 heavy (non-hydrogen) atoms. The fraction of sp³-hybridized carbons (Fsp3) is 0.800. The summed E-state index contributed by atoms with van der Waals surface area (Å²) in [6.07, 6.45) is 11.0. The molecule has 0 heterocycles. The molecule has 0 rings (SSSR count). The first-order valence-corrected chi connectivity index (χ1v) is 4.42. The van der Waals surface area contributed by atoms with Gasteiger partial charge in [-0.1, -0.05) is 32.6 Å². The molecule has 0 spiro atoms. The first-order valence-electron chi connectivity index (χ1n) is 4.42. The second-order valence-corrected chi connectivity index (χ2v) is 2.91. The number of aliphatic hydroxyl groups is 1. The molecular formula is C10H18O. The molecule has 1 atom stereocenters. The molecule has 0 aliphatic carbocycles. The molecule has 0 bridgehead atoms. The van der Waals surface area contributed by atoms with Crippen molar-refractivity contribution in [1.29, 1.82) is 0 Å². The Bertz CT molecular complexity index is 113. The minimum Gasteiger partial charge on any atom is -0.392 e. The monoisotopic (exact) mass is 154 g/mol. The van der Waals surface area contributed by atoms with Crippen LogP contribution < -0.4 is 0 Å². The summed E-state index contributed by atoms with van der Waals surface area (Å²) in [5.41, 5.74) is 0. The summed E-state index contributed by atoms with van der Waals surface area (Å²) in [6.45, 7) is 2.18. The van der Waals surface area contributed by atoms with E-state index >= 15 is 0 Å². The van der Waals surface area contributed by atoms with Crippen LogP contribution >= 0.6 is 0 Å². The number of rotatable bonds is 6. The predicted molar refractivity (Wildman–Crippen MR) is 48.2 cm³/mol. The molecule has 0 aliphatic rings. The fourth-order valence-electron chi connectivity index (χ4n) is 1.04. The van der Waals surface area contributed by atoms with Gasteiger partial charge in [0, 0.05) is 6.42 Å². The average Bonchev–Trinajstić information content (AvgIpc) is 1.99. The van der Waals surface area contributed by atoms with Crippen molar-refractivity contribution in [3.63, 3.8) is 0 Å². The Labute approximate surface area is 69.8 Å². The zero-order valence-corrected chi connectivity index (χ0v) is 7.34. The second-order valence-electron chi connectivity index (χ2n) is 2.91. The predicted octanol–water partition coefficient (Wildman–Crippen LogP) is 2.34. The van der Waals surface area contributed by atoms with E-state index in [-0.39, 0.29) is 6.10 Å². The van der Waals surface area contributed by atoms with Crippen molar-refractivity contribution >= 4 is 0 Å². The maximum Gasteiger partial charge on any atom is 0.0649 e. The number of terminal acetylenes is 1. The van der Waals surface area contributed by atoms with Gasteiger partial charge in [0.2, 0.25) is 0 Å². The summed E-state index contributed by atoms with van der Waals surface area (Å²) >= 11 is 0. The van der Waals surface area contributed by atoms with Gasteiger partial charge in [0.15, 0.2) is 0 Å². The first kappa shape index (κ1) is 10.5. The molecule has 1 unspecified atom stereocenters. The van der Waals surface area contributed by atoms with Gasteiger partial charge in [0.1, 0.15) is 0 Å². The Morgan fingerprint density at radius 3 is 2.64 bits per heavy atom. The summed E-state index contributed by atoms with van der Waals surface area (Å²) in [4.78, 5) is 0. The number of aliphatic hydroxyl groups excluding tert-OH is 1. The van der Waals surface area contributed by atoms with Crippen molar-refractivity contribution in [3.8, 4) is 12.3 Å². The number of hydrogen-bond donors (Lipinski definition) is 1. The second kappa shape index (κ2) is 7.63.